The number of carbonyl (C=O) groups excluding carboxylic acids is 2. The van der Waals surface area contributed by atoms with Gasteiger partial charge in [0.05, 0.1) is 19.1 Å². The van der Waals surface area contributed by atoms with E-state index in [1.165, 1.54) is 4.90 Å². The largest absolute Gasteiger partial charge is 0.480 e. The lowest BCUT2D eigenvalue weighted by molar-refractivity contribution is -0.159. The minimum atomic E-state index is -1.10. The quantitative estimate of drug-likeness (QED) is 0.826. The number of rotatable bonds is 2. The molecule has 0 spiro atoms. The third-order valence-corrected chi connectivity index (χ3v) is 3.99. The van der Waals surface area contributed by atoms with E-state index in [4.69, 9.17) is 4.74 Å². The number of hydrogen-bond donors (Lipinski definition) is 2. The molecule has 2 aliphatic heterocycles. The first-order chi connectivity index (χ1) is 10.6. The van der Waals surface area contributed by atoms with Gasteiger partial charge in [0, 0.05) is 18.7 Å². The van der Waals surface area contributed by atoms with Crippen LogP contribution in [0.25, 0.3) is 0 Å². The molecule has 0 bridgehead atoms. The zero-order chi connectivity index (χ0) is 15.7. The summed E-state index contributed by atoms with van der Waals surface area (Å²) in [7, 11) is 0. The number of nitrogens with zero attached hydrogens (tertiary/aromatic N) is 1. The first-order valence-electron chi connectivity index (χ1n) is 7.07. The van der Waals surface area contributed by atoms with E-state index in [0.717, 1.165) is 5.56 Å². The van der Waals surface area contributed by atoms with Gasteiger partial charge in [-0.05, 0) is 11.6 Å². The van der Waals surface area contributed by atoms with Crippen LogP contribution in [0.3, 0.4) is 0 Å². The second kappa shape index (κ2) is 5.76. The standard InChI is InChI=1S/C15H16N2O5/c18-13-7-10(9-3-1-2-4-11(9)16-13)14(19)17-5-6-22-8-12(17)15(20)21/h1-4,10,12H,5-8H2,(H,16,18)(H,20,21). The molecule has 2 N–H and O–H groups in total. The average molecular weight is 304 g/mol. The van der Waals surface area contributed by atoms with Crippen LogP contribution in [0, 0.1) is 0 Å². The molecule has 1 aromatic carbocycles. The monoisotopic (exact) mass is 304 g/mol. The molecule has 2 unspecified atom stereocenters. The Balaban J connectivity index is 1.91. The average Bonchev–Trinajstić information content (AvgIpc) is 2.53. The Morgan fingerprint density at radius 1 is 1.32 bits per heavy atom. The van der Waals surface area contributed by atoms with Crippen LogP contribution in [0.4, 0.5) is 5.69 Å². The molecule has 3 rings (SSSR count). The number of carboxylic acids is 1. The first-order valence-corrected chi connectivity index (χ1v) is 7.07. The van der Waals surface area contributed by atoms with Crippen molar-refractivity contribution in [2.24, 2.45) is 0 Å². The third-order valence-electron chi connectivity index (χ3n) is 3.99. The highest BCUT2D eigenvalue weighted by Gasteiger charge is 2.39. The van der Waals surface area contributed by atoms with Gasteiger partial charge in [0.1, 0.15) is 0 Å². The van der Waals surface area contributed by atoms with Crippen LogP contribution >= 0.6 is 0 Å². The molecule has 0 radical (unpaired) electrons. The maximum absolute atomic E-state index is 12.8. The van der Waals surface area contributed by atoms with Crippen molar-refractivity contribution in [3.8, 4) is 0 Å². The van der Waals surface area contributed by atoms with Crippen LogP contribution in [-0.4, -0.2) is 53.6 Å². The molecular weight excluding hydrogens is 288 g/mol. The molecule has 1 saturated heterocycles. The van der Waals surface area contributed by atoms with Crippen molar-refractivity contribution in [1.29, 1.82) is 0 Å². The van der Waals surface area contributed by atoms with Crippen molar-refractivity contribution in [3.05, 3.63) is 29.8 Å². The Kier molecular flexibility index (Phi) is 3.81. The number of hydrogen-bond acceptors (Lipinski definition) is 4. The molecular formula is C15H16N2O5. The highest BCUT2D eigenvalue weighted by Crippen LogP contribution is 2.34. The third kappa shape index (κ3) is 2.55. The highest BCUT2D eigenvalue weighted by molar-refractivity contribution is 6.01. The van der Waals surface area contributed by atoms with Gasteiger partial charge in [0.25, 0.3) is 0 Å². The summed E-state index contributed by atoms with van der Waals surface area (Å²) < 4.78 is 5.15. The molecule has 116 valence electrons. The van der Waals surface area contributed by atoms with Crippen LogP contribution in [0.15, 0.2) is 24.3 Å². The lowest BCUT2D eigenvalue weighted by Gasteiger charge is -2.36. The minimum absolute atomic E-state index is 0.0262. The van der Waals surface area contributed by atoms with Crippen LogP contribution < -0.4 is 5.32 Å². The Labute approximate surface area is 126 Å². The van der Waals surface area contributed by atoms with E-state index in [1.807, 2.05) is 0 Å². The Hall–Kier alpha value is -2.41. The van der Waals surface area contributed by atoms with Crippen LogP contribution in [0.1, 0.15) is 17.9 Å². The summed E-state index contributed by atoms with van der Waals surface area (Å²) in [6, 6.07) is 6.10. The number of benzene rings is 1. The zero-order valence-electron chi connectivity index (χ0n) is 11.8. The van der Waals surface area contributed by atoms with Gasteiger partial charge in [-0.2, -0.15) is 0 Å². The van der Waals surface area contributed by atoms with Crippen molar-refractivity contribution in [2.45, 2.75) is 18.4 Å². The van der Waals surface area contributed by atoms with Crippen LogP contribution in [-0.2, 0) is 19.1 Å². The van der Waals surface area contributed by atoms with Crippen molar-refractivity contribution in [3.63, 3.8) is 0 Å². The molecule has 7 heteroatoms. The molecule has 2 amide bonds. The normalized spacial score (nSPS) is 24.4. The molecule has 0 aliphatic carbocycles. The number of fused-ring (bicyclic) bond motifs is 1. The predicted octanol–water partition coefficient (Wildman–Crippen LogP) is 0.424. The SMILES string of the molecule is O=C1CC(C(=O)N2CCOCC2C(=O)O)c2ccccc2N1. The van der Waals surface area contributed by atoms with E-state index in [2.05, 4.69) is 5.32 Å². The summed E-state index contributed by atoms with van der Waals surface area (Å²) >= 11 is 0. The Morgan fingerprint density at radius 2 is 2.09 bits per heavy atom. The number of carboxylic acid groups (broad SMARTS) is 1. The molecule has 1 fully saturated rings. The summed E-state index contributed by atoms with van der Waals surface area (Å²) in [6.07, 6.45) is 0.0273. The van der Waals surface area contributed by atoms with Gasteiger partial charge in [-0.1, -0.05) is 18.2 Å². The number of para-hydroxylation sites is 1. The maximum Gasteiger partial charge on any atom is 0.328 e. The summed E-state index contributed by atoms with van der Waals surface area (Å²) in [5.41, 5.74) is 1.33. The summed E-state index contributed by atoms with van der Waals surface area (Å²) in [5.74, 6) is -2.32. The second-order valence-corrected chi connectivity index (χ2v) is 5.35. The number of nitrogens with one attached hydrogen (secondary N) is 1. The van der Waals surface area contributed by atoms with Gasteiger partial charge in [-0.15, -0.1) is 0 Å². The molecule has 1 aromatic rings. The number of amides is 2. The van der Waals surface area contributed by atoms with Gasteiger partial charge in [-0.3, -0.25) is 9.59 Å². The van der Waals surface area contributed by atoms with Gasteiger partial charge < -0.3 is 20.1 Å². The fraction of sp³-hybridized carbons (Fsp3) is 0.400. The zero-order valence-corrected chi connectivity index (χ0v) is 11.8. The minimum Gasteiger partial charge on any atom is -0.480 e. The Morgan fingerprint density at radius 3 is 2.86 bits per heavy atom. The number of ether oxygens (including phenoxy) is 1. The van der Waals surface area contributed by atoms with Gasteiger partial charge in [0.15, 0.2) is 6.04 Å². The second-order valence-electron chi connectivity index (χ2n) is 5.35. The molecule has 7 nitrogen and oxygen atoms in total. The number of anilines is 1. The van der Waals surface area contributed by atoms with E-state index < -0.39 is 17.9 Å². The van der Waals surface area contributed by atoms with E-state index >= 15 is 0 Å². The van der Waals surface area contributed by atoms with Crippen LogP contribution in [0.2, 0.25) is 0 Å². The fourth-order valence-electron chi connectivity index (χ4n) is 2.90. The highest BCUT2D eigenvalue weighted by atomic mass is 16.5. The van der Waals surface area contributed by atoms with Gasteiger partial charge in [-0.25, -0.2) is 4.79 Å². The van der Waals surface area contributed by atoms with E-state index in [9.17, 15) is 19.5 Å². The van der Waals surface area contributed by atoms with Crippen molar-refractivity contribution in [1.82, 2.24) is 4.90 Å². The predicted molar refractivity (Wildman–Crippen MR) is 76.4 cm³/mol. The number of morpholine rings is 1. The smallest absolute Gasteiger partial charge is 0.328 e. The first kappa shape index (κ1) is 14.5. The number of carbonyl (C=O) groups is 3. The van der Waals surface area contributed by atoms with Crippen molar-refractivity contribution >= 4 is 23.5 Å². The number of aliphatic carboxylic acids is 1. The maximum atomic E-state index is 12.8. The topological polar surface area (TPSA) is 95.9 Å². The van der Waals surface area contributed by atoms with Crippen LogP contribution in [0.5, 0.6) is 0 Å². The Bertz CT molecular complexity index is 630. The molecule has 22 heavy (non-hydrogen) atoms. The molecule has 2 aliphatic rings. The van der Waals surface area contributed by atoms with Crippen molar-refractivity contribution < 1.29 is 24.2 Å². The van der Waals surface area contributed by atoms with E-state index in [-0.39, 0.29) is 31.4 Å². The fourth-order valence-corrected chi connectivity index (χ4v) is 2.90. The van der Waals surface area contributed by atoms with Crippen molar-refractivity contribution in [2.75, 3.05) is 25.1 Å². The van der Waals surface area contributed by atoms with E-state index in [1.54, 1.807) is 24.3 Å². The van der Waals surface area contributed by atoms with Gasteiger partial charge >= 0.3 is 5.97 Å². The molecule has 2 atom stereocenters. The van der Waals surface area contributed by atoms with Gasteiger partial charge in [0.2, 0.25) is 11.8 Å². The summed E-state index contributed by atoms with van der Waals surface area (Å²) in [5, 5.41) is 12.0. The molecule has 0 saturated carbocycles. The lowest BCUT2D eigenvalue weighted by Crippen LogP contribution is -2.54. The summed E-state index contributed by atoms with van der Waals surface area (Å²) in [4.78, 5) is 37.2. The molecule has 0 aromatic heterocycles. The lowest BCUT2D eigenvalue weighted by atomic mass is 9.89. The molecule has 2 heterocycles. The summed E-state index contributed by atoms with van der Waals surface area (Å²) in [6.45, 7) is 0.494. The van der Waals surface area contributed by atoms with E-state index in [0.29, 0.717) is 12.3 Å².